The third-order valence-electron chi connectivity index (χ3n) is 2.55. The van der Waals surface area contributed by atoms with Crippen molar-refractivity contribution < 1.29 is 4.39 Å². The molecule has 0 spiro atoms. The Bertz CT molecular complexity index is 302. The van der Waals surface area contributed by atoms with Crippen molar-refractivity contribution in [2.45, 2.75) is 32.2 Å². The topological polar surface area (TPSA) is 38.0 Å². The van der Waals surface area contributed by atoms with E-state index in [1.807, 2.05) is 6.07 Å². The molecular formula is C13H21FN2. The van der Waals surface area contributed by atoms with Crippen LogP contribution in [0.2, 0.25) is 0 Å². The average molecular weight is 224 g/mol. The lowest BCUT2D eigenvalue weighted by atomic mass is 10.1. The van der Waals surface area contributed by atoms with Crippen LogP contribution >= 0.6 is 0 Å². The SMILES string of the molecule is CC(Cc1cccc(F)c1)NCCCCN. The van der Waals surface area contributed by atoms with Crippen molar-refractivity contribution in [2.75, 3.05) is 13.1 Å². The average Bonchev–Trinajstić information content (AvgIpc) is 2.24. The van der Waals surface area contributed by atoms with Gasteiger partial charge in [-0.3, -0.25) is 0 Å². The number of nitrogens with two attached hydrogens (primary N) is 1. The van der Waals surface area contributed by atoms with E-state index in [0.717, 1.165) is 37.9 Å². The first-order valence-electron chi connectivity index (χ1n) is 5.90. The van der Waals surface area contributed by atoms with E-state index in [-0.39, 0.29) is 5.82 Å². The summed E-state index contributed by atoms with van der Waals surface area (Å²) in [6.45, 7) is 3.85. The van der Waals surface area contributed by atoms with Crippen LogP contribution in [0.3, 0.4) is 0 Å². The van der Waals surface area contributed by atoms with Gasteiger partial charge in [0.1, 0.15) is 5.82 Å². The number of benzene rings is 1. The zero-order valence-electron chi connectivity index (χ0n) is 9.88. The van der Waals surface area contributed by atoms with E-state index in [1.54, 1.807) is 12.1 Å². The molecule has 1 atom stereocenters. The molecule has 16 heavy (non-hydrogen) atoms. The second-order valence-corrected chi connectivity index (χ2v) is 4.18. The molecule has 0 amide bonds. The van der Waals surface area contributed by atoms with Gasteiger partial charge in [-0.2, -0.15) is 0 Å². The fraction of sp³-hybridized carbons (Fsp3) is 0.538. The lowest BCUT2D eigenvalue weighted by Crippen LogP contribution is -2.29. The lowest BCUT2D eigenvalue weighted by Gasteiger charge is -2.13. The summed E-state index contributed by atoms with van der Waals surface area (Å²) < 4.78 is 12.9. The van der Waals surface area contributed by atoms with Gasteiger partial charge in [-0.1, -0.05) is 12.1 Å². The van der Waals surface area contributed by atoms with Gasteiger partial charge in [-0.05, 0) is 57.0 Å². The molecule has 1 unspecified atom stereocenters. The van der Waals surface area contributed by atoms with Gasteiger partial charge in [0.15, 0.2) is 0 Å². The Kier molecular flexibility index (Phi) is 6.04. The summed E-state index contributed by atoms with van der Waals surface area (Å²) in [7, 11) is 0. The van der Waals surface area contributed by atoms with E-state index in [0.29, 0.717) is 6.04 Å². The summed E-state index contributed by atoms with van der Waals surface area (Å²) >= 11 is 0. The number of halogens is 1. The van der Waals surface area contributed by atoms with Crippen molar-refractivity contribution in [1.82, 2.24) is 5.32 Å². The van der Waals surface area contributed by atoms with E-state index in [1.165, 1.54) is 6.07 Å². The van der Waals surface area contributed by atoms with E-state index >= 15 is 0 Å². The fourth-order valence-corrected chi connectivity index (χ4v) is 1.71. The van der Waals surface area contributed by atoms with E-state index in [9.17, 15) is 4.39 Å². The van der Waals surface area contributed by atoms with Crippen molar-refractivity contribution in [3.8, 4) is 0 Å². The molecule has 0 bridgehead atoms. The number of nitrogens with one attached hydrogen (secondary N) is 1. The summed E-state index contributed by atoms with van der Waals surface area (Å²) in [4.78, 5) is 0. The van der Waals surface area contributed by atoms with Crippen molar-refractivity contribution in [2.24, 2.45) is 5.73 Å². The van der Waals surface area contributed by atoms with E-state index < -0.39 is 0 Å². The van der Waals surface area contributed by atoms with Crippen molar-refractivity contribution in [3.05, 3.63) is 35.6 Å². The van der Waals surface area contributed by atoms with Gasteiger partial charge in [-0.25, -0.2) is 4.39 Å². The standard InChI is InChI=1S/C13H21FN2/c1-11(16-8-3-2-7-15)9-12-5-4-6-13(14)10-12/h4-6,10-11,16H,2-3,7-9,15H2,1H3. The Balaban J connectivity index is 2.25. The van der Waals surface area contributed by atoms with E-state index in [2.05, 4.69) is 12.2 Å². The molecule has 0 heterocycles. The molecule has 0 aliphatic rings. The third kappa shape index (κ3) is 5.24. The summed E-state index contributed by atoms with van der Waals surface area (Å²) in [5, 5.41) is 3.41. The molecule has 0 aliphatic carbocycles. The van der Waals surface area contributed by atoms with Crippen LogP contribution < -0.4 is 11.1 Å². The first-order chi connectivity index (χ1) is 7.72. The molecule has 2 nitrogen and oxygen atoms in total. The van der Waals surface area contributed by atoms with Gasteiger partial charge in [0.2, 0.25) is 0 Å². The minimum Gasteiger partial charge on any atom is -0.330 e. The predicted molar refractivity (Wildman–Crippen MR) is 65.9 cm³/mol. The molecule has 0 aliphatic heterocycles. The molecule has 1 aromatic carbocycles. The number of hydrogen-bond donors (Lipinski definition) is 2. The van der Waals surface area contributed by atoms with Gasteiger partial charge >= 0.3 is 0 Å². The Morgan fingerprint density at radius 1 is 1.38 bits per heavy atom. The zero-order valence-corrected chi connectivity index (χ0v) is 9.88. The van der Waals surface area contributed by atoms with Gasteiger partial charge in [0, 0.05) is 6.04 Å². The van der Waals surface area contributed by atoms with Gasteiger partial charge in [0.25, 0.3) is 0 Å². The van der Waals surface area contributed by atoms with Crippen LogP contribution in [0.5, 0.6) is 0 Å². The van der Waals surface area contributed by atoms with Crippen LogP contribution in [0, 0.1) is 5.82 Å². The maximum atomic E-state index is 12.9. The highest BCUT2D eigenvalue weighted by Crippen LogP contribution is 2.06. The van der Waals surface area contributed by atoms with Crippen molar-refractivity contribution >= 4 is 0 Å². The summed E-state index contributed by atoms with van der Waals surface area (Å²) in [6, 6.07) is 7.16. The zero-order chi connectivity index (χ0) is 11.8. The molecule has 0 radical (unpaired) electrons. The third-order valence-corrected chi connectivity index (χ3v) is 2.55. The summed E-state index contributed by atoms with van der Waals surface area (Å²) in [6.07, 6.45) is 3.02. The maximum Gasteiger partial charge on any atom is 0.123 e. The van der Waals surface area contributed by atoms with Crippen molar-refractivity contribution in [1.29, 1.82) is 0 Å². The fourth-order valence-electron chi connectivity index (χ4n) is 1.71. The quantitative estimate of drug-likeness (QED) is 0.696. The van der Waals surface area contributed by atoms with Crippen LogP contribution in [0.25, 0.3) is 0 Å². The largest absolute Gasteiger partial charge is 0.330 e. The molecule has 0 aromatic heterocycles. The molecule has 0 saturated carbocycles. The van der Waals surface area contributed by atoms with E-state index in [4.69, 9.17) is 5.73 Å². The highest BCUT2D eigenvalue weighted by atomic mass is 19.1. The minimum atomic E-state index is -0.159. The second-order valence-electron chi connectivity index (χ2n) is 4.18. The Morgan fingerprint density at radius 2 is 2.19 bits per heavy atom. The van der Waals surface area contributed by atoms with Crippen LogP contribution in [0.1, 0.15) is 25.3 Å². The minimum absolute atomic E-state index is 0.159. The summed E-state index contributed by atoms with van der Waals surface area (Å²) in [5.41, 5.74) is 6.46. The van der Waals surface area contributed by atoms with Gasteiger partial charge < -0.3 is 11.1 Å². The Hall–Kier alpha value is -0.930. The molecule has 1 aromatic rings. The number of hydrogen-bond acceptors (Lipinski definition) is 2. The normalized spacial score (nSPS) is 12.7. The number of rotatable bonds is 7. The van der Waals surface area contributed by atoms with Crippen LogP contribution in [-0.2, 0) is 6.42 Å². The van der Waals surface area contributed by atoms with Crippen LogP contribution in [0.15, 0.2) is 24.3 Å². The molecule has 3 N–H and O–H groups in total. The first-order valence-corrected chi connectivity index (χ1v) is 5.90. The molecule has 90 valence electrons. The van der Waals surface area contributed by atoms with Crippen LogP contribution in [0.4, 0.5) is 4.39 Å². The molecule has 1 rings (SSSR count). The first kappa shape index (κ1) is 13.1. The molecule has 3 heteroatoms. The highest BCUT2D eigenvalue weighted by molar-refractivity contribution is 5.17. The lowest BCUT2D eigenvalue weighted by molar-refractivity contribution is 0.525. The summed E-state index contributed by atoms with van der Waals surface area (Å²) in [5.74, 6) is -0.159. The van der Waals surface area contributed by atoms with Gasteiger partial charge in [0.05, 0.1) is 0 Å². The molecular weight excluding hydrogens is 203 g/mol. The monoisotopic (exact) mass is 224 g/mol. The number of unbranched alkanes of at least 4 members (excludes halogenated alkanes) is 1. The Morgan fingerprint density at radius 3 is 2.88 bits per heavy atom. The second kappa shape index (κ2) is 7.36. The smallest absolute Gasteiger partial charge is 0.123 e. The molecule has 0 fully saturated rings. The highest BCUT2D eigenvalue weighted by Gasteiger charge is 2.03. The van der Waals surface area contributed by atoms with Crippen LogP contribution in [-0.4, -0.2) is 19.1 Å². The van der Waals surface area contributed by atoms with Gasteiger partial charge in [-0.15, -0.1) is 0 Å². The predicted octanol–water partition coefficient (Wildman–Crippen LogP) is 2.09. The van der Waals surface area contributed by atoms with Crippen molar-refractivity contribution in [3.63, 3.8) is 0 Å². The maximum absolute atomic E-state index is 12.9. The molecule has 0 saturated heterocycles. The Labute approximate surface area is 97.0 Å².